The fraction of sp³-hybridized carbons (Fsp3) is 0.444. The average Bonchev–Trinajstić information content (AvgIpc) is 2.75. The number of piperidine rings is 1. The Morgan fingerprint density at radius 1 is 1.13 bits per heavy atom. The van der Waals surface area contributed by atoms with E-state index in [0.717, 1.165) is 5.69 Å². The summed E-state index contributed by atoms with van der Waals surface area (Å²) in [6.45, 7) is 12.0. The molecule has 1 saturated heterocycles. The van der Waals surface area contributed by atoms with Gasteiger partial charge < -0.3 is 15.3 Å². The van der Waals surface area contributed by atoms with E-state index in [4.69, 9.17) is 5.11 Å². The molecule has 1 amide bonds. The number of nitrogens with zero attached hydrogens (tertiary/aromatic N) is 1. The molecule has 0 radical (unpaired) electrons. The number of benzene rings is 2. The van der Waals surface area contributed by atoms with E-state index in [1.807, 2.05) is 19.9 Å². The van der Waals surface area contributed by atoms with Gasteiger partial charge in [0.1, 0.15) is 0 Å². The zero-order chi connectivity index (χ0) is 22.6. The van der Waals surface area contributed by atoms with Gasteiger partial charge in [-0.1, -0.05) is 62.9 Å². The lowest BCUT2D eigenvalue weighted by molar-refractivity contribution is -0.118. The lowest BCUT2D eigenvalue weighted by Gasteiger charge is -2.32. The zero-order valence-corrected chi connectivity index (χ0v) is 19.3. The number of carbonyl (C=O) groups is 1. The van der Waals surface area contributed by atoms with Gasteiger partial charge in [-0.15, -0.1) is 0 Å². The van der Waals surface area contributed by atoms with Crippen LogP contribution in [0.4, 0.5) is 5.69 Å². The molecule has 0 bridgehead atoms. The highest BCUT2D eigenvalue weighted by Crippen LogP contribution is 2.29. The molecule has 1 heterocycles. The van der Waals surface area contributed by atoms with Crippen LogP contribution in [-0.2, 0) is 11.2 Å². The summed E-state index contributed by atoms with van der Waals surface area (Å²) in [6, 6.07) is 19.2. The maximum absolute atomic E-state index is 11.9. The molecule has 168 valence electrons. The average molecular weight is 423 g/mol. The molecule has 3 rings (SSSR count). The highest BCUT2D eigenvalue weighted by molar-refractivity contribution is 5.92. The SMILES string of the molecule is C=C(C)O.CC(C)C(=O)Nc1cccc(C2CCN(CCCc3ccccc3)CC2)c1. The van der Waals surface area contributed by atoms with Crippen molar-refractivity contribution in [3.63, 3.8) is 0 Å². The number of likely N-dealkylation sites (tertiary alicyclic amines) is 1. The Balaban J connectivity index is 0.000000785. The van der Waals surface area contributed by atoms with Crippen molar-refractivity contribution in [1.82, 2.24) is 4.90 Å². The van der Waals surface area contributed by atoms with Crippen LogP contribution >= 0.6 is 0 Å². The molecule has 0 spiro atoms. The summed E-state index contributed by atoms with van der Waals surface area (Å²) in [5.41, 5.74) is 3.73. The number of amides is 1. The molecule has 0 aromatic heterocycles. The summed E-state index contributed by atoms with van der Waals surface area (Å²) in [6.07, 6.45) is 4.80. The molecule has 0 aliphatic carbocycles. The van der Waals surface area contributed by atoms with Crippen molar-refractivity contribution in [3.05, 3.63) is 78.1 Å². The van der Waals surface area contributed by atoms with E-state index in [1.165, 1.54) is 63.4 Å². The number of aliphatic hydroxyl groups excluding tert-OH is 1. The Morgan fingerprint density at radius 3 is 2.39 bits per heavy atom. The molecular formula is C27H38N2O2. The minimum Gasteiger partial charge on any atom is -0.513 e. The summed E-state index contributed by atoms with van der Waals surface area (Å²) < 4.78 is 0. The number of hydrogen-bond donors (Lipinski definition) is 2. The number of carbonyl (C=O) groups excluding carboxylic acids is 1. The number of aliphatic hydroxyl groups is 1. The lowest BCUT2D eigenvalue weighted by atomic mass is 9.89. The molecule has 0 saturated carbocycles. The lowest BCUT2D eigenvalue weighted by Crippen LogP contribution is -2.33. The van der Waals surface area contributed by atoms with E-state index in [1.54, 1.807) is 0 Å². The number of allylic oxidation sites excluding steroid dienone is 1. The van der Waals surface area contributed by atoms with Crippen molar-refractivity contribution in [3.8, 4) is 0 Å². The Labute approximate surface area is 188 Å². The predicted molar refractivity (Wildman–Crippen MR) is 131 cm³/mol. The normalized spacial score (nSPS) is 14.6. The zero-order valence-electron chi connectivity index (χ0n) is 19.3. The topological polar surface area (TPSA) is 52.6 Å². The van der Waals surface area contributed by atoms with E-state index in [2.05, 4.69) is 65.3 Å². The Kier molecular flexibility index (Phi) is 10.3. The van der Waals surface area contributed by atoms with Gasteiger partial charge in [-0.3, -0.25) is 4.79 Å². The maximum atomic E-state index is 11.9. The number of rotatable bonds is 7. The number of nitrogens with one attached hydrogen (secondary N) is 1. The Hall–Kier alpha value is -2.59. The first-order valence-electron chi connectivity index (χ1n) is 11.4. The van der Waals surface area contributed by atoms with Crippen LogP contribution < -0.4 is 5.32 Å². The van der Waals surface area contributed by atoms with Crippen LogP contribution in [0, 0.1) is 5.92 Å². The van der Waals surface area contributed by atoms with Crippen molar-refractivity contribution >= 4 is 11.6 Å². The van der Waals surface area contributed by atoms with Crippen molar-refractivity contribution in [2.45, 2.75) is 52.4 Å². The smallest absolute Gasteiger partial charge is 0.226 e. The second kappa shape index (κ2) is 13.0. The molecule has 0 unspecified atom stereocenters. The molecule has 1 aliphatic heterocycles. The third-order valence-corrected chi connectivity index (χ3v) is 5.52. The molecular weight excluding hydrogens is 384 g/mol. The summed E-state index contributed by atoms with van der Waals surface area (Å²) in [4.78, 5) is 14.5. The first-order valence-corrected chi connectivity index (χ1v) is 11.4. The maximum Gasteiger partial charge on any atom is 0.226 e. The van der Waals surface area contributed by atoms with Gasteiger partial charge in [-0.2, -0.15) is 0 Å². The van der Waals surface area contributed by atoms with E-state index < -0.39 is 0 Å². The van der Waals surface area contributed by atoms with Crippen LogP contribution in [0.25, 0.3) is 0 Å². The van der Waals surface area contributed by atoms with Crippen LogP contribution in [0.3, 0.4) is 0 Å². The van der Waals surface area contributed by atoms with Crippen molar-refractivity contribution < 1.29 is 9.90 Å². The molecule has 2 N–H and O–H groups in total. The number of anilines is 1. The first kappa shape index (κ1) is 24.7. The Bertz CT molecular complexity index is 805. The standard InChI is InChI=1S/C24H32N2O.C3H6O/c1-19(2)24(27)25-23-12-6-11-22(18-23)21-13-16-26(17-14-21)15-7-10-20-8-4-3-5-9-20;1-3(2)4/h3-6,8-9,11-12,18-19,21H,7,10,13-17H2,1-2H3,(H,25,27);4H,1H2,2H3. The van der Waals surface area contributed by atoms with E-state index in [-0.39, 0.29) is 17.6 Å². The monoisotopic (exact) mass is 422 g/mol. The predicted octanol–water partition coefficient (Wildman–Crippen LogP) is 6.17. The third-order valence-electron chi connectivity index (χ3n) is 5.52. The van der Waals surface area contributed by atoms with Gasteiger partial charge in [0.15, 0.2) is 0 Å². The van der Waals surface area contributed by atoms with Gasteiger partial charge in [0.2, 0.25) is 5.91 Å². The van der Waals surface area contributed by atoms with Gasteiger partial charge in [-0.05, 0) is 81.4 Å². The summed E-state index contributed by atoms with van der Waals surface area (Å²) >= 11 is 0. The molecule has 0 atom stereocenters. The largest absolute Gasteiger partial charge is 0.513 e. The second-order valence-electron chi connectivity index (χ2n) is 8.71. The highest BCUT2D eigenvalue weighted by Gasteiger charge is 2.20. The van der Waals surface area contributed by atoms with Gasteiger partial charge >= 0.3 is 0 Å². The van der Waals surface area contributed by atoms with Crippen molar-refractivity contribution in [2.24, 2.45) is 5.92 Å². The number of aryl methyl sites for hydroxylation is 1. The van der Waals surface area contributed by atoms with Crippen LogP contribution in [0.2, 0.25) is 0 Å². The summed E-state index contributed by atoms with van der Waals surface area (Å²) in [5.74, 6) is 0.861. The number of hydrogen-bond acceptors (Lipinski definition) is 3. The molecule has 1 fully saturated rings. The van der Waals surface area contributed by atoms with Crippen LogP contribution in [0.5, 0.6) is 0 Å². The molecule has 2 aromatic carbocycles. The summed E-state index contributed by atoms with van der Waals surface area (Å²) in [7, 11) is 0. The molecule has 1 aliphatic rings. The van der Waals surface area contributed by atoms with Crippen molar-refractivity contribution in [2.75, 3.05) is 25.0 Å². The Morgan fingerprint density at radius 2 is 1.77 bits per heavy atom. The van der Waals surface area contributed by atoms with Gasteiger partial charge in [-0.25, -0.2) is 0 Å². The van der Waals surface area contributed by atoms with Crippen LogP contribution in [0.1, 0.15) is 57.1 Å². The minimum absolute atomic E-state index is 0.00720. The molecule has 4 nitrogen and oxygen atoms in total. The van der Waals surface area contributed by atoms with Gasteiger partial charge in [0, 0.05) is 11.6 Å². The van der Waals surface area contributed by atoms with Crippen LogP contribution in [-0.4, -0.2) is 35.5 Å². The minimum atomic E-state index is 0.00720. The molecule has 31 heavy (non-hydrogen) atoms. The van der Waals surface area contributed by atoms with E-state index >= 15 is 0 Å². The highest BCUT2D eigenvalue weighted by atomic mass is 16.3. The van der Waals surface area contributed by atoms with E-state index in [9.17, 15) is 4.79 Å². The second-order valence-corrected chi connectivity index (χ2v) is 8.71. The molecule has 4 heteroatoms. The quantitative estimate of drug-likeness (QED) is 0.525. The van der Waals surface area contributed by atoms with E-state index in [0.29, 0.717) is 5.92 Å². The third kappa shape index (κ3) is 9.39. The first-order chi connectivity index (χ1) is 14.8. The van der Waals surface area contributed by atoms with Crippen LogP contribution in [0.15, 0.2) is 66.9 Å². The van der Waals surface area contributed by atoms with Gasteiger partial charge in [0.25, 0.3) is 0 Å². The fourth-order valence-corrected chi connectivity index (χ4v) is 3.80. The summed E-state index contributed by atoms with van der Waals surface area (Å²) in [5, 5.41) is 10.9. The fourth-order valence-electron chi connectivity index (χ4n) is 3.80. The molecule has 2 aromatic rings. The van der Waals surface area contributed by atoms with Crippen molar-refractivity contribution in [1.29, 1.82) is 0 Å². The van der Waals surface area contributed by atoms with Gasteiger partial charge in [0.05, 0.1) is 5.76 Å².